The maximum atomic E-state index is 12.3. The van der Waals surface area contributed by atoms with Crippen molar-refractivity contribution in [2.24, 2.45) is 5.92 Å². The highest BCUT2D eigenvalue weighted by Gasteiger charge is 2.28. The molecule has 0 radical (unpaired) electrons. The van der Waals surface area contributed by atoms with Gasteiger partial charge in [-0.3, -0.25) is 19.2 Å². The van der Waals surface area contributed by atoms with Crippen molar-refractivity contribution >= 4 is 18.2 Å². The van der Waals surface area contributed by atoms with E-state index in [1.807, 2.05) is 36.0 Å². The molecule has 1 aromatic carbocycles. The van der Waals surface area contributed by atoms with Crippen LogP contribution in [0, 0.1) is 10.7 Å². The molecule has 1 aliphatic rings. The van der Waals surface area contributed by atoms with Crippen molar-refractivity contribution in [1.29, 1.82) is 0 Å². The number of piperidine rings is 1. The van der Waals surface area contributed by atoms with E-state index in [0.29, 0.717) is 30.5 Å². The van der Waals surface area contributed by atoms with Gasteiger partial charge in [-0.05, 0) is 68.2 Å². The Bertz CT molecular complexity index is 1160. The summed E-state index contributed by atoms with van der Waals surface area (Å²) in [4.78, 5) is 18.8. The van der Waals surface area contributed by atoms with Gasteiger partial charge < -0.3 is 4.74 Å². The second-order valence-electron chi connectivity index (χ2n) is 8.71. The minimum atomic E-state index is -0.113. The molecular formula is C25H31N5O2S. The summed E-state index contributed by atoms with van der Waals surface area (Å²) in [5.41, 5.74) is 3.15. The highest BCUT2D eigenvalue weighted by atomic mass is 32.1. The first kappa shape index (κ1) is 23.3. The molecule has 1 aliphatic heterocycles. The topological polar surface area (TPSA) is 65.2 Å². The number of benzene rings is 1. The van der Waals surface area contributed by atoms with Crippen LogP contribution in [-0.4, -0.2) is 49.9 Å². The molecular weight excluding hydrogens is 434 g/mol. The molecule has 33 heavy (non-hydrogen) atoms. The van der Waals surface area contributed by atoms with Gasteiger partial charge in [0, 0.05) is 24.5 Å². The van der Waals surface area contributed by atoms with E-state index >= 15 is 0 Å². The fraction of sp³-hybridized carbons (Fsp3) is 0.440. The van der Waals surface area contributed by atoms with Crippen molar-refractivity contribution in [2.45, 2.75) is 46.2 Å². The second kappa shape index (κ2) is 10.4. The lowest BCUT2D eigenvalue weighted by atomic mass is 9.99. The fourth-order valence-electron chi connectivity index (χ4n) is 4.40. The Labute approximate surface area is 200 Å². The van der Waals surface area contributed by atoms with Crippen LogP contribution in [0.2, 0.25) is 0 Å². The van der Waals surface area contributed by atoms with Crippen LogP contribution in [0.25, 0.3) is 17.1 Å². The Kier molecular flexibility index (Phi) is 7.35. The standard InChI is InChI=1S/C25H31N5O2S/c1-4-32-24(31)20-10-8-14-28(16-20)17-29-25(33)30(22-12-6-5-11-21(22)18(2)3)23(27-29)19-9-7-13-26-15-19/h5-7,9,11-13,15,18,20H,4,8,10,14,16-17H2,1-3H3. The Balaban J connectivity index is 1.73. The molecule has 0 aliphatic carbocycles. The number of esters is 1. The zero-order valence-electron chi connectivity index (χ0n) is 19.5. The number of hydrogen-bond acceptors (Lipinski definition) is 6. The van der Waals surface area contributed by atoms with Crippen LogP contribution < -0.4 is 0 Å². The maximum absolute atomic E-state index is 12.3. The van der Waals surface area contributed by atoms with E-state index in [4.69, 9.17) is 22.1 Å². The van der Waals surface area contributed by atoms with Crippen LogP contribution in [0.15, 0.2) is 48.8 Å². The number of rotatable bonds is 7. The number of para-hydroxylation sites is 1. The lowest BCUT2D eigenvalue weighted by Crippen LogP contribution is -2.40. The van der Waals surface area contributed by atoms with E-state index in [1.165, 1.54) is 5.56 Å². The van der Waals surface area contributed by atoms with Gasteiger partial charge in [-0.25, -0.2) is 4.68 Å². The first-order valence-corrected chi connectivity index (χ1v) is 12.0. The van der Waals surface area contributed by atoms with Gasteiger partial charge in [-0.15, -0.1) is 5.10 Å². The molecule has 0 saturated carbocycles. The highest BCUT2D eigenvalue weighted by Crippen LogP contribution is 2.28. The van der Waals surface area contributed by atoms with Crippen molar-refractivity contribution in [3.63, 3.8) is 0 Å². The predicted molar refractivity (Wildman–Crippen MR) is 131 cm³/mol. The number of carbonyl (C=O) groups excluding carboxylic acids is 1. The molecule has 7 nitrogen and oxygen atoms in total. The second-order valence-corrected chi connectivity index (χ2v) is 9.07. The number of carbonyl (C=O) groups is 1. The number of likely N-dealkylation sites (tertiary alicyclic amines) is 1. The number of pyridine rings is 1. The van der Waals surface area contributed by atoms with Crippen molar-refractivity contribution in [3.05, 3.63) is 59.1 Å². The van der Waals surface area contributed by atoms with Crippen molar-refractivity contribution < 1.29 is 9.53 Å². The summed E-state index contributed by atoms with van der Waals surface area (Å²) in [6.07, 6.45) is 5.37. The van der Waals surface area contributed by atoms with Crippen LogP contribution in [0.5, 0.6) is 0 Å². The van der Waals surface area contributed by atoms with Crippen LogP contribution >= 0.6 is 12.2 Å². The summed E-state index contributed by atoms with van der Waals surface area (Å²) >= 11 is 5.96. The van der Waals surface area contributed by atoms with Crippen molar-refractivity contribution in [2.75, 3.05) is 19.7 Å². The van der Waals surface area contributed by atoms with Gasteiger partial charge in [0.05, 0.1) is 24.9 Å². The molecule has 1 unspecified atom stereocenters. The summed E-state index contributed by atoms with van der Waals surface area (Å²) in [5.74, 6) is 0.883. The Morgan fingerprint density at radius 2 is 2.06 bits per heavy atom. The Morgan fingerprint density at radius 1 is 1.24 bits per heavy atom. The Morgan fingerprint density at radius 3 is 2.79 bits per heavy atom. The average molecular weight is 466 g/mol. The van der Waals surface area contributed by atoms with Crippen LogP contribution in [0.3, 0.4) is 0 Å². The number of nitrogens with zero attached hydrogens (tertiary/aromatic N) is 5. The van der Waals surface area contributed by atoms with Gasteiger partial charge in [-0.2, -0.15) is 0 Å². The first-order valence-electron chi connectivity index (χ1n) is 11.6. The van der Waals surface area contributed by atoms with Crippen LogP contribution in [0.1, 0.15) is 45.1 Å². The summed E-state index contributed by atoms with van der Waals surface area (Å²) in [6, 6.07) is 12.2. The quantitative estimate of drug-likeness (QED) is 0.368. The molecule has 4 rings (SSSR count). The number of hydrogen-bond donors (Lipinski definition) is 0. The SMILES string of the molecule is CCOC(=O)C1CCCN(Cn2nc(-c3cccnc3)n(-c3ccccc3C(C)C)c2=S)C1. The van der Waals surface area contributed by atoms with E-state index in [2.05, 4.69) is 46.5 Å². The van der Waals surface area contributed by atoms with E-state index < -0.39 is 0 Å². The third-order valence-electron chi connectivity index (χ3n) is 6.02. The van der Waals surface area contributed by atoms with Crippen molar-refractivity contribution in [3.8, 4) is 17.1 Å². The third kappa shape index (κ3) is 5.07. The summed E-state index contributed by atoms with van der Waals surface area (Å²) in [5, 5.41) is 4.93. The number of aromatic nitrogens is 4. The van der Waals surface area contributed by atoms with Gasteiger partial charge in [0.15, 0.2) is 5.82 Å². The zero-order valence-corrected chi connectivity index (χ0v) is 20.3. The van der Waals surface area contributed by atoms with Gasteiger partial charge in [0.2, 0.25) is 4.77 Å². The lowest BCUT2D eigenvalue weighted by molar-refractivity contribution is -0.150. The smallest absolute Gasteiger partial charge is 0.310 e. The van der Waals surface area contributed by atoms with E-state index in [0.717, 1.165) is 36.5 Å². The van der Waals surface area contributed by atoms with E-state index in [-0.39, 0.29) is 11.9 Å². The van der Waals surface area contributed by atoms with Gasteiger partial charge >= 0.3 is 5.97 Å². The average Bonchev–Trinajstić information content (AvgIpc) is 3.15. The molecule has 0 N–H and O–H groups in total. The van der Waals surface area contributed by atoms with Gasteiger partial charge in [0.25, 0.3) is 0 Å². The molecule has 1 saturated heterocycles. The van der Waals surface area contributed by atoms with Crippen LogP contribution in [-0.2, 0) is 16.2 Å². The zero-order chi connectivity index (χ0) is 23.4. The molecule has 1 atom stereocenters. The molecule has 1 fully saturated rings. The molecule has 174 valence electrons. The monoisotopic (exact) mass is 465 g/mol. The Hall–Kier alpha value is -2.84. The molecule has 3 heterocycles. The molecule has 2 aromatic heterocycles. The van der Waals surface area contributed by atoms with E-state index in [9.17, 15) is 4.79 Å². The summed E-state index contributed by atoms with van der Waals surface area (Å²) < 4.78 is 9.80. The third-order valence-corrected chi connectivity index (χ3v) is 6.41. The molecule has 8 heteroatoms. The minimum Gasteiger partial charge on any atom is -0.466 e. The van der Waals surface area contributed by atoms with Crippen molar-refractivity contribution in [1.82, 2.24) is 24.2 Å². The minimum absolute atomic E-state index is 0.102. The normalized spacial score (nSPS) is 16.8. The lowest BCUT2D eigenvalue weighted by Gasteiger charge is -2.31. The molecule has 0 amide bonds. The fourth-order valence-corrected chi connectivity index (χ4v) is 4.69. The molecule has 0 spiro atoms. The van der Waals surface area contributed by atoms with E-state index in [1.54, 1.807) is 6.20 Å². The largest absolute Gasteiger partial charge is 0.466 e. The number of ether oxygens (including phenoxy) is 1. The van der Waals surface area contributed by atoms with Gasteiger partial charge in [0.1, 0.15) is 0 Å². The first-order chi connectivity index (χ1) is 16.0. The summed E-state index contributed by atoms with van der Waals surface area (Å²) in [7, 11) is 0. The molecule has 0 bridgehead atoms. The predicted octanol–water partition coefficient (Wildman–Crippen LogP) is 4.82. The van der Waals surface area contributed by atoms with Gasteiger partial charge in [-0.1, -0.05) is 32.0 Å². The summed E-state index contributed by atoms with van der Waals surface area (Å²) in [6.45, 7) is 8.69. The van der Waals surface area contributed by atoms with Crippen LogP contribution in [0.4, 0.5) is 0 Å². The maximum Gasteiger partial charge on any atom is 0.310 e. The molecule has 3 aromatic rings. The highest BCUT2D eigenvalue weighted by molar-refractivity contribution is 7.71.